The zero-order chi connectivity index (χ0) is 14.8. The maximum Gasteiger partial charge on any atom is 0.248 e. The summed E-state index contributed by atoms with van der Waals surface area (Å²) in [5.41, 5.74) is 8.62. The lowest BCUT2D eigenvalue weighted by molar-refractivity contribution is 0.1000. The molecule has 3 aromatic rings. The van der Waals surface area contributed by atoms with Crippen molar-refractivity contribution in [3.63, 3.8) is 0 Å². The molecule has 21 heavy (non-hydrogen) atoms. The van der Waals surface area contributed by atoms with Crippen LogP contribution in [0.1, 0.15) is 26.3 Å². The molecule has 0 spiro atoms. The SMILES string of the molecule is NC(=O)c1ccc2c(ccn2Cc2ccc(C=O)cc2)c1. The molecule has 0 saturated carbocycles. The van der Waals surface area contributed by atoms with Crippen molar-refractivity contribution in [1.29, 1.82) is 0 Å². The highest BCUT2D eigenvalue weighted by molar-refractivity contribution is 5.97. The van der Waals surface area contributed by atoms with E-state index < -0.39 is 5.91 Å². The summed E-state index contributed by atoms with van der Waals surface area (Å²) in [6, 6.07) is 14.9. The number of rotatable bonds is 4. The van der Waals surface area contributed by atoms with E-state index in [4.69, 9.17) is 5.73 Å². The minimum Gasteiger partial charge on any atom is -0.366 e. The molecule has 4 nitrogen and oxygen atoms in total. The van der Waals surface area contributed by atoms with Crippen molar-refractivity contribution in [3.05, 3.63) is 71.4 Å². The Labute approximate surface area is 121 Å². The second-order valence-corrected chi connectivity index (χ2v) is 4.94. The van der Waals surface area contributed by atoms with Gasteiger partial charge in [-0.2, -0.15) is 0 Å². The lowest BCUT2D eigenvalue weighted by atomic mass is 10.1. The normalized spacial score (nSPS) is 10.7. The number of nitrogens with two attached hydrogens (primary N) is 1. The zero-order valence-electron chi connectivity index (χ0n) is 11.3. The number of carbonyl (C=O) groups is 2. The number of benzene rings is 2. The molecule has 0 aliphatic rings. The highest BCUT2D eigenvalue weighted by Crippen LogP contribution is 2.19. The maximum atomic E-state index is 11.2. The van der Waals surface area contributed by atoms with Crippen molar-refractivity contribution in [2.75, 3.05) is 0 Å². The molecule has 0 bridgehead atoms. The summed E-state index contributed by atoms with van der Waals surface area (Å²) in [6.45, 7) is 0.707. The van der Waals surface area contributed by atoms with Gasteiger partial charge >= 0.3 is 0 Å². The van der Waals surface area contributed by atoms with Crippen LogP contribution in [0.3, 0.4) is 0 Å². The van der Waals surface area contributed by atoms with E-state index in [1.807, 2.05) is 30.5 Å². The molecule has 1 aromatic heterocycles. The topological polar surface area (TPSA) is 65.1 Å². The summed E-state index contributed by atoms with van der Waals surface area (Å²) < 4.78 is 2.09. The van der Waals surface area contributed by atoms with Gasteiger partial charge in [-0.15, -0.1) is 0 Å². The zero-order valence-corrected chi connectivity index (χ0v) is 11.3. The van der Waals surface area contributed by atoms with Crippen molar-refractivity contribution >= 4 is 23.1 Å². The van der Waals surface area contributed by atoms with Gasteiger partial charge in [-0.3, -0.25) is 9.59 Å². The van der Waals surface area contributed by atoms with Crippen LogP contribution in [0.15, 0.2) is 54.7 Å². The molecule has 0 unspecified atom stereocenters. The van der Waals surface area contributed by atoms with Gasteiger partial charge in [0.2, 0.25) is 5.91 Å². The molecule has 0 saturated heterocycles. The van der Waals surface area contributed by atoms with Gasteiger partial charge in [-0.05, 0) is 29.8 Å². The monoisotopic (exact) mass is 278 g/mol. The number of hydrogen-bond acceptors (Lipinski definition) is 2. The summed E-state index contributed by atoms with van der Waals surface area (Å²) in [4.78, 5) is 21.8. The molecule has 1 amide bonds. The Balaban J connectivity index is 1.93. The second kappa shape index (κ2) is 5.25. The van der Waals surface area contributed by atoms with Gasteiger partial charge in [0.05, 0.1) is 0 Å². The van der Waals surface area contributed by atoms with Gasteiger partial charge in [0.25, 0.3) is 0 Å². The highest BCUT2D eigenvalue weighted by atomic mass is 16.1. The standard InChI is InChI=1S/C17H14N2O2/c18-17(21)15-5-6-16-14(9-15)7-8-19(16)10-12-1-3-13(11-20)4-2-12/h1-9,11H,10H2,(H2,18,21). The van der Waals surface area contributed by atoms with Crippen LogP contribution >= 0.6 is 0 Å². The van der Waals surface area contributed by atoms with Crippen LogP contribution in [-0.4, -0.2) is 16.8 Å². The first-order valence-electron chi connectivity index (χ1n) is 6.60. The Morgan fingerprint density at radius 2 is 1.86 bits per heavy atom. The Morgan fingerprint density at radius 1 is 1.10 bits per heavy atom. The molecule has 1 heterocycles. The van der Waals surface area contributed by atoms with E-state index in [-0.39, 0.29) is 0 Å². The summed E-state index contributed by atoms with van der Waals surface area (Å²) in [6.07, 6.45) is 2.81. The van der Waals surface area contributed by atoms with E-state index in [9.17, 15) is 9.59 Å². The Hall–Kier alpha value is -2.88. The molecular weight excluding hydrogens is 264 g/mol. The van der Waals surface area contributed by atoms with Crippen molar-refractivity contribution in [2.24, 2.45) is 5.73 Å². The van der Waals surface area contributed by atoms with Gasteiger partial charge < -0.3 is 10.3 Å². The summed E-state index contributed by atoms with van der Waals surface area (Å²) in [5.74, 6) is -0.422. The molecule has 2 N–H and O–H groups in total. The fourth-order valence-corrected chi connectivity index (χ4v) is 2.39. The van der Waals surface area contributed by atoms with Crippen LogP contribution in [0.4, 0.5) is 0 Å². The lowest BCUT2D eigenvalue weighted by Crippen LogP contribution is -2.10. The summed E-state index contributed by atoms with van der Waals surface area (Å²) in [5, 5.41) is 0.982. The van der Waals surface area contributed by atoms with E-state index in [0.717, 1.165) is 22.8 Å². The van der Waals surface area contributed by atoms with Gasteiger partial charge in [0.1, 0.15) is 6.29 Å². The van der Waals surface area contributed by atoms with E-state index in [1.54, 1.807) is 24.3 Å². The highest BCUT2D eigenvalue weighted by Gasteiger charge is 2.06. The Morgan fingerprint density at radius 3 is 2.52 bits per heavy atom. The van der Waals surface area contributed by atoms with Crippen LogP contribution < -0.4 is 5.73 Å². The minimum atomic E-state index is -0.422. The fourth-order valence-electron chi connectivity index (χ4n) is 2.39. The molecule has 0 atom stereocenters. The number of nitrogens with zero attached hydrogens (tertiary/aromatic N) is 1. The number of hydrogen-bond donors (Lipinski definition) is 1. The lowest BCUT2D eigenvalue weighted by Gasteiger charge is -2.06. The van der Waals surface area contributed by atoms with E-state index in [2.05, 4.69) is 4.57 Å². The molecule has 104 valence electrons. The van der Waals surface area contributed by atoms with Crippen LogP contribution in [0.25, 0.3) is 10.9 Å². The minimum absolute atomic E-state index is 0.422. The number of primary amides is 1. The van der Waals surface area contributed by atoms with Gasteiger partial charge in [-0.25, -0.2) is 0 Å². The van der Waals surface area contributed by atoms with Gasteiger partial charge in [0.15, 0.2) is 0 Å². The van der Waals surface area contributed by atoms with Crippen molar-refractivity contribution in [2.45, 2.75) is 6.54 Å². The molecule has 0 aliphatic heterocycles. The average molecular weight is 278 g/mol. The third-order valence-corrected chi connectivity index (χ3v) is 3.52. The predicted molar refractivity (Wildman–Crippen MR) is 81.4 cm³/mol. The van der Waals surface area contributed by atoms with Crippen LogP contribution in [0.2, 0.25) is 0 Å². The summed E-state index contributed by atoms with van der Waals surface area (Å²) in [7, 11) is 0. The molecule has 3 rings (SSSR count). The number of aromatic nitrogens is 1. The van der Waals surface area contributed by atoms with Gasteiger partial charge in [-0.1, -0.05) is 24.3 Å². The number of fused-ring (bicyclic) bond motifs is 1. The molecule has 0 fully saturated rings. The first kappa shape index (κ1) is 13.1. The van der Waals surface area contributed by atoms with Crippen molar-refractivity contribution in [1.82, 2.24) is 4.57 Å². The van der Waals surface area contributed by atoms with Crippen LogP contribution in [0, 0.1) is 0 Å². The van der Waals surface area contributed by atoms with Crippen LogP contribution in [-0.2, 0) is 6.54 Å². The maximum absolute atomic E-state index is 11.2. The number of aldehydes is 1. The van der Waals surface area contributed by atoms with Gasteiger partial charge in [0, 0.05) is 34.8 Å². The fraction of sp³-hybridized carbons (Fsp3) is 0.0588. The average Bonchev–Trinajstić information content (AvgIpc) is 2.90. The van der Waals surface area contributed by atoms with E-state index >= 15 is 0 Å². The molecule has 2 aromatic carbocycles. The first-order chi connectivity index (χ1) is 10.2. The number of carbonyl (C=O) groups excluding carboxylic acids is 2. The molecule has 4 heteroatoms. The predicted octanol–water partition coefficient (Wildman–Crippen LogP) is 2.60. The molecule has 0 aliphatic carbocycles. The van der Waals surface area contributed by atoms with E-state index in [1.165, 1.54) is 0 Å². The second-order valence-electron chi connectivity index (χ2n) is 4.94. The smallest absolute Gasteiger partial charge is 0.248 e. The number of amides is 1. The quantitative estimate of drug-likeness (QED) is 0.745. The summed E-state index contributed by atoms with van der Waals surface area (Å²) >= 11 is 0. The Bertz CT molecular complexity index is 816. The third-order valence-electron chi connectivity index (χ3n) is 3.52. The van der Waals surface area contributed by atoms with Crippen molar-refractivity contribution < 1.29 is 9.59 Å². The Kier molecular flexibility index (Phi) is 3.28. The molecular formula is C17H14N2O2. The van der Waals surface area contributed by atoms with Crippen LogP contribution in [0.5, 0.6) is 0 Å². The first-order valence-corrected chi connectivity index (χ1v) is 6.60. The third kappa shape index (κ3) is 2.56. The molecule has 0 radical (unpaired) electrons. The largest absolute Gasteiger partial charge is 0.366 e. The van der Waals surface area contributed by atoms with Crippen molar-refractivity contribution in [3.8, 4) is 0 Å². The van der Waals surface area contributed by atoms with E-state index in [0.29, 0.717) is 17.7 Å².